The standard InChI is InChI=1S/C21H31FN4O3.C2H6/c1-14(2)16-12-18(22)17(13-19(16)27-3)20(23)29-21(24)26-6-4-15(5-7-26)25-8-10-28-11-9-25;1-2/h12-15,23-24H,4-11H2,1-3H3;1-2H3. The Kier molecular flexibility index (Phi) is 9.71. The summed E-state index contributed by atoms with van der Waals surface area (Å²) in [5.74, 6) is -0.313. The number of hydrogen-bond acceptors (Lipinski definition) is 6. The highest BCUT2D eigenvalue weighted by molar-refractivity contribution is 5.99. The number of likely N-dealkylation sites (tertiary alicyclic amines) is 1. The first kappa shape index (κ1) is 25.1. The molecular weight excluding hydrogens is 399 g/mol. The topological polar surface area (TPSA) is 81.9 Å². The van der Waals surface area contributed by atoms with Gasteiger partial charge in [-0.3, -0.25) is 15.7 Å². The van der Waals surface area contributed by atoms with Crippen LogP contribution in [0.15, 0.2) is 12.1 Å². The van der Waals surface area contributed by atoms with Gasteiger partial charge in [-0.15, -0.1) is 0 Å². The summed E-state index contributed by atoms with van der Waals surface area (Å²) in [5, 5.41) is 16.4. The van der Waals surface area contributed by atoms with Gasteiger partial charge in [0.05, 0.1) is 25.9 Å². The Balaban J connectivity index is 0.00000166. The van der Waals surface area contributed by atoms with Gasteiger partial charge in [0.15, 0.2) is 0 Å². The number of benzene rings is 1. The Bertz CT molecular complexity index is 743. The summed E-state index contributed by atoms with van der Waals surface area (Å²) >= 11 is 0. The molecule has 0 radical (unpaired) electrons. The number of amidine groups is 1. The van der Waals surface area contributed by atoms with Crippen LogP contribution in [-0.2, 0) is 9.47 Å². The van der Waals surface area contributed by atoms with Gasteiger partial charge in [0, 0.05) is 32.2 Å². The van der Waals surface area contributed by atoms with Gasteiger partial charge >= 0.3 is 0 Å². The molecule has 2 fully saturated rings. The maximum Gasteiger partial charge on any atom is 0.291 e. The first-order valence-corrected chi connectivity index (χ1v) is 11.2. The smallest absolute Gasteiger partial charge is 0.291 e. The van der Waals surface area contributed by atoms with Gasteiger partial charge < -0.3 is 19.1 Å². The highest BCUT2D eigenvalue weighted by Crippen LogP contribution is 2.29. The highest BCUT2D eigenvalue weighted by Gasteiger charge is 2.28. The van der Waals surface area contributed by atoms with Gasteiger partial charge in [0.2, 0.25) is 5.90 Å². The molecular formula is C23H37FN4O3. The summed E-state index contributed by atoms with van der Waals surface area (Å²) in [4.78, 5) is 4.26. The van der Waals surface area contributed by atoms with Crippen molar-refractivity contribution in [2.45, 2.75) is 52.5 Å². The number of morpholine rings is 1. The van der Waals surface area contributed by atoms with E-state index in [1.807, 2.05) is 32.6 Å². The molecule has 7 nitrogen and oxygen atoms in total. The number of ether oxygens (including phenoxy) is 3. The number of nitrogens with zero attached hydrogens (tertiary/aromatic N) is 2. The van der Waals surface area contributed by atoms with E-state index in [1.165, 1.54) is 19.2 Å². The minimum Gasteiger partial charge on any atom is -0.496 e. The van der Waals surface area contributed by atoms with Gasteiger partial charge in [-0.05, 0) is 36.5 Å². The molecule has 0 saturated carbocycles. The number of methoxy groups -OCH3 is 1. The molecule has 2 saturated heterocycles. The number of piperidine rings is 1. The third-order valence-electron chi connectivity index (χ3n) is 5.70. The molecule has 0 aromatic heterocycles. The van der Waals surface area contributed by atoms with Crippen LogP contribution in [0.25, 0.3) is 0 Å². The normalized spacial score (nSPS) is 17.7. The van der Waals surface area contributed by atoms with Crippen LogP contribution in [0.5, 0.6) is 5.75 Å². The predicted molar refractivity (Wildman–Crippen MR) is 121 cm³/mol. The number of hydrogen-bond donors (Lipinski definition) is 2. The van der Waals surface area contributed by atoms with Crippen molar-refractivity contribution in [1.82, 2.24) is 9.80 Å². The molecule has 0 unspecified atom stereocenters. The van der Waals surface area contributed by atoms with E-state index in [0.717, 1.165) is 44.7 Å². The highest BCUT2D eigenvalue weighted by atomic mass is 19.1. The zero-order chi connectivity index (χ0) is 23.0. The Morgan fingerprint density at radius 2 is 1.71 bits per heavy atom. The maximum atomic E-state index is 14.6. The van der Waals surface area contributed by atoms with Crippen molar-refractivity contribution >= 4 is 11.9 Å². The third kappa shape index (κ3) is 6.40. The lowest BCUT2D eigenvalue weighted by molar-refractivity contribution is 0.00452. The first-order valence-electron chi connectivity index (χ1n) is 11.2. The molecule has 2 N–H and O–H groups in total. The van der Waals surface area contributed by atoms with Crippen LogP contribution in [0.2, 0.25) is 0 Å². The molecule has 2 aliphatic heterocycles. The summed E-state index contributed by atoms with van der Waals surface area (Å²) < 4.78 is 30.7. The van der Waals surface area contributed by atoms with Gasteiger partial charge in [-0.2, -0.15) is 0 Å². The van der Waals surface area contributed by atoms with Crippen molar-refractivity contribution in [3.8, 4) is 5.75 Å². The van der Waals surface area contributed by atoms with E-state index in [4.69, 9.17) is 25.0 Å². The van der Waals surface area contributed by atoms with Crippen LogP contribution in [0.3, 0.4) is 0 Å². The van der Waals surface area contributed by atoms with Crippen molar-refractivity contribution in [1.29, 1.82) is 10.8 Å². The fraction of sp³-hybridized carbons (Fsp3) is 0.652. The first-order chi connectivity index (χ1) is 14.9. The third-order valence-corrected chi connectivity index (χ3v) is 5.70. The average molecular weight is 437 g/mol. The zero-order valence-corrected chi connectivity index (χ0v) is 19.5. The Morgan fingerprint density at radius 3 is 2.26 bits per heavy atom. The van der Waals surface area contributed by atoms with E-state index < -0.39 is 5.82 Å². The molecule has 0 bridgehead atoms. The van der Waals surface area contributed by atoms with Gasteiger partial charge in [-0.25, -0.2) is 4.39 Å². The van der Waals surface area contributed by atoms with Crippen molar-refractivity contribution in [3.63, 3.8) is 0 Å². The summed E-state index contributed by atoms with van der Waals surface area (Å²) in [6, 6.07) is 3.24. The second kappa shape index (κ2) is 12.0. The molecule has 3 rings (SSSR count). The summed E-state index contributed by atoms with van der Waals surface area (Å²) in [6.45, 7) is 12.7. The fourth-order valence-electron chi connectivity index (χ4n) is 3.96. The summed E-state index contributed by atoms with van der Waals surface area (Å²) in [7, 11) is 1.52. The van der Waals surface area contributed by atoms with Crippen molar-refractivity contribution in [2.75, 3.05) is 46.5 Å². The summed E-state index contributed by atoms with van der Waals surface area (Å²) in [5.41, 5.74) is 0.737. The molecule has 1 aromatic carbocycles. The second-order valence-electron chi connectivity index (χ2n) is 7.83. The number of nitrogens with one attached hydrogen (secondary N) is 2. The predicted octanol–water partition coefficient (Wildman–Crippen LogP) is 4.06. The van der Waals surface area contributed by atoms with E-state index in [2.05, 4.69) is 4.90 Å². The molecule has 1 aromatic rings. The maximum absolute atomic E-state index is 14.6. The molecule has 8 heteroatoms. The van der Waals surface area contributed by atoms with Crippen molar-refractivity contribution in [2.24, 2.45) is 0 Å². The van der Waals surface area contributed by atoms with E-state index in [0.29, 0.717) is 24.9 Å². The van der Waals surface area contributed by atoms with Gasteiger partial charge in [0.25, 0.3) is 6.02 Å². The molecule has 2 aliphatic rings. The van der Waals surface area contributed by atoms with E-state index in [-0.39, 0.29) is 23.4 Å². The Labute approximate surface area is 185 Å². The largest absolute Gasteiger partial charge is 0.496 e. The molecule has 174 valence electrons. The second-order valence-corrected chi connectivity index (χ2v) is 7.83. The van der Waals surface area contributed by atoms with Crippen molar-refractivity contribution in [3.05, 3.63) is 29.1 Å². The lowest BCUT2D eigenvalue weighted by Gasteiger charge is -2.40. The molecule has 0 spiro atoms. The minimum absolute atomic E-state index is 0.000738. The number of halogens is 1. The number of rotatable bonds is 4. The monoisotopic (exact) mass is 436 g/mol. The van der Waals surface area contributed by atoms with Crippen LogP contribution in [0, 0.1) is 16.6 Å². The molecule has 0 aliphatic carbocycles. The van der Waals surface area contributed by atoms with Gasteiger partial charge in [-0.1, -0.05) is 27.7 Å². The van der Waals surface area contributed by atoms with Crippen LogP contribution < -0.4 is 4.74 Å². The quantitative estimate of drug-likeness (QED) is 0.550. The van der Waals surface area contributed by atoms with Crippen LogP contribution >= 0.6 is 0 Å². The van der Waals surface area contributed by atoms with Crippen LogP contribution in [-0.4, -0.2) is 74.3 Å². The lowest BCUT2D eigenvalue weighted by Crippen LogP contribution is -2.50. The van der Waals surface area contributed by atoms with Crippen LogP contribution in [0.4, 0.5) is 4.39 Å². The molecule has 2 heterocycles. The fourth-order valence-corrected chi connectivity index (χ4v) is 3.96. The van der Waals surface area contributed by atoms with Crippen molar-refractivity contribution < 1.29 is 18.6 Å². The average Bonchev–Trinajstić information content (AvgIpc) is 2.80. The lowest BCUT2D eigenvalue weighted by atomic mass is 9.99. The Hall–Kier alpha value is -2.19. The molecule has 0 atom stereocenters. The van der Waals surface area contributed by atoms with E-state index in [1.54, 1.807) is 0 Å². The Morgan fingerprint density at radius 1 is 1.10 bits per heavy atom. The summed E-state index contributed by atoms with van der Waals surface area (Å²) in [6.07, 6.45) is 1.87. The SMILES string of the molecule is CC.COc1cc(C(=N)OC(=N)N2CCC(N3CCOCC3)CC2)c(F)cc1C(C)C. The molecule has 31 heavy (non-hydrogen) atoms. The molecule has 0 amide bonds. The minimum atomic E-state index is -0.543. The van der Waals surface area contributed by atoms with Gasteiger partial charge in [0.1, 0.15) is 11.6 Å². The van der Waals surface area contributed by atoms with E-state index in [9.17, 15) is 4.39 Å². The zero-order valence-electron chi connectivity index (χ0n) is 19.5. The van der Waals surface area contributed by atoms with E-state index >= 15 is 0 Å². The van der Waals surface area contributed by atoms with Crippen LogP contribution in [0.1, 0.15) is 57.6 Å².